The lowest BCUT2D eigenvalue weighted by Crippen LogP contribution is -2.23. The van der Waals surface area contributed by atoms with Crippen molar-refractivity contribution < 1.29 is 4.52 Å². The lowest BCUT2D eigenvalue weighted by atomic mass is 9.96. The number of H-pyrrole nitrogens is 1. The minimum atomic E-state index is 0.475. The second-order valence-electron chi connectivity index (χ2n) is 7.80. The Morgan fingerprint density at radius 1 is 1.10 bits per heavy atom. The molecule has 0 amide bonds. The summed E-state index contributed by atoms with van der Waals surface area (Å²) in [6, 6.07) is 6.61. The van der Waals surface area contributed by atoms with Crippen molar-refractivity contribution in [1.29, 1.82) is 0 Å². The van der Waals surface area contributed by atoms with Crippen molar-refractivity contribution in [3.05, 3.63) is 42.0 Å². The minimum Gasteiger partial charge on any atom is -0.360 e. The molecule has 0 spiro atoms. The van der Waals surface area contributed by atoms with Crippen molar-refractivity contribution in [2.75, 3.05) is 5.32 Å². The number of rotatable bonds is 4. The highest BCUT2D eigenvalue weighted by molar-refractivity contribution is 5.97. The van der Waals surface area contributed by atoms with Gasteiger partial charge in [-0.15, -0.1) is 0 Å². The zero-order chi connectivity index (χ0) is 19.8. The molecule has 29 heavy (non-hydrogen) atoms. The van der Waals surface area contributed by atoms with Crippen LogP contribution in [0, 0.1) is 13.8 Å². The van der Waals surface area contributed by atoms with Crippen molar-refractivity contribution in [1.82, 2.24) is 25.1 Å². The van der Waals surface area contributed by atoms with Gasteiger partial charge in [-0.05, 0) is 31.4 Å². The largest absolute Gasteiger partial charge is 0.360 e. The molecule has 0 radical (unpaired) electrons. The topological polar surface area (TPSA) is 92.5 Å². The second-order valence-corrected chi connectivity index (χ2v) is 7.80. The first-order valence-corrected chi connectivity index (χ1v) is 10.2. The summed E-state index contributed by atoms with van der Waals surface area (Å²) in [5.41, 5.74) is 5.01. The molecule has 1 fully saturated rings. The maximum Gasteiger partial charge on any atom is 0.223 e. The van der Waals surface area contributed by atoms with Gasteiger partial charge in [0, 0.05) is 47.4 Å². The van der Waals surface area contributed by atoms with E-state index in [-0.39, 0.29) is 0 Å². The standard InChI is InChI=1S/C22H24N6O/c1-13-11-24-22(26-16-6-4-3-5-7-16)27-20(13)18-12-23-19-10-15(8-9-17(18)19)21-25-14(2)29-28-21/h8-12,16,23H,3-7H2,1-2H3,(H,24,26,27). The van der Waals surface area contributed by atoms with Crippen molar-refractivity contribution >= 4 is 16.9 Å². The molecular formula is C22H24N6O. The summed E-state index contributed by atoms with van der Waals surface area (Å²) in [6.07, 6.45) is 10.2. The third-order valence-electron chi connectivity index (χ3n) is 5.63. The summed E-state index contributed by atoms with van der Waals surface area (Å²) in [5, 5.41) is 8.65. The molecule has 2 N–H and O–H groups in total. The van der Waals surface area contributed by atoms with E-state index in [9.17, 15) is 0 Å². The van der Waals surface area contributed by atoms with E-state index in [4.69, 9.17) is 9.51 Å². The zero-order valence-corrected chi connectivity index (χ0v) is 16.7. The molecule has 1 saturated carbocycles. The molecule has 5 rings (SSSR count). The van der Waals surface area contributed by atoms with Gasteiger partial charge in [0.2, 0.25) is 17.7 Å². The smallest absolute Gasteiger partial charge is 0.223 e. The van der Waals surface area contributed by atoms with E-state index in [1.807, 2.05) is 24.5 Å². The molecule has 0 atom stereocenters. The lowest BCUT2D eigenvalue weighted by Gasteiger charge is -2.23. The van der Waals surface area contributed by atoms with E-state index in [0.717, 1.165) is 33.3 Å². The van der Waals surface area contributed by atoms with Gasteiger partial charge in [0.25, 0.3) is 0 Å². The maximum absolute atomic E-state index is 5.10. The van der Waals surface area contributed by atoms with Gasteiger partial charge >= 0.3 is 0 Å². The van der Waals surface area contributed by atoms with Gasteiger partial charge in [0.1, 0.15) is 0 Å². The van der Waals surface area contributed by atoms with Crippen LogP contribution in [0.1, 0.15) is 43.6 Å². The Morgan fingerprint density at radius 3 is 2.76 bits per heavy atom. The van der Waals surface area contributed by atoms with Crippen LogP contribution >= 0.6 is 0 Å². The van der Waals surface area contributed by atoms with Gasteiger partial charge in [-0.25, -0.2) is 9.97 Å². The number of nitrogens with one attached hydrogen (secondary N) is 2. The molecule has 7 nitrogen and oxygen atoms in total. The molecular weight excluding hydrogens is 364 g/mol. The van der Waals surface area contributed by atoms with Crippen LogP contribution in [0.25, 0.3) is 33.5 Å². The minimum absolute atomic E-state index is 0.475. The molecule has 0 bridgehead atoms. The number of anilines is 1. The highest BCUT2D eigenvalue weighted by Crippen LogP contribution is 2.32. The molecule has 7 heteroatoms. The molecule has 3 heterocycles. The number of aryl methyl sites for hydroxylation is 2. The summed E-state index contributed by atoms with van der Waals surface area (Å²) in [6.45, 7) is 3.84. The van der Waals surface area contributed by atoms with E-state index in [1.54, 1.807) is 6.92 Å². The van der Waals surface area contributed by atoms with Crippen LogP contribution in [0.4, 0.5) is 5.95 Å². The molecule has 0 unspecified atom stereocenters. The predicted octanol–water partition coefficient (Wildman–Crippen LogP) is 5.04. The van der Waals surface area contributed by atoms with Gasteiger partial charge in [-0.3, -0.25) is 0 Å². The van der Waals surface area contributed by atoms with Crippen LogP contribution in [-0.4, -0.2) is 31.1 Å². The van der Waals surface area contributed by atoms with Crippen molar-refractivity contribution in [3.8, 4) is 22.6 Å². The Labute approximate surface area is 169 Å². The van der Waals surface area contributed by atoms with Crippen molar-refractivity contribution in [2.45, 2.75) is 52.0 Å². The Bertz CT molecular complexity index is 1160. The number of benzene rings is 1. The Kier molecular flexibility index (Phi) is 4.50. The lowest BCUT2D eigenvalue weighted by molar-refractivity contribution is 0.394. The molecule has 0 aliphatic heterocycles. The highest BCUT2D eigenvalue weighted by Gasteiger charge is 2.17. The molecule has 148 valence electrons. The summed E-state index contributed by atoms with van der Waals surface area (Å²) in [7, 11) is 0. The number of hydrogen-bond donors (Lipinski definition) is 2. The van der Waals surface area contributed by atoms with E-state index < -0.39 is 0 Å². The van der Waals surface area contributed by atoms with Gasteiger partial charge in [0.15, 0.2) is 0 Å². The number of fused-ring (bicyclic) bond motifs is 1. The first kappa shape index (κ1) is 17.8. The molecule has 1 aromatic carbocycles. The van der Waals surface area contributed by atoms with E-state index in [0.29, 0.717) is 23.7 Å². The SMILES string of the molecule is Cc1nc(-c2ccc3c(-c4nc(NC5CCCCC5)ncc4C)c[nH]c3c2)no1. The van der Waals surface area contributed by atoms with Gasteiger partial charge in [-0.1, -0.05) is 36.6 Å². The summed E-state index contributed by atoms with van der Waals surface area (Å²) in [4.78, 5) is 17.1. The van der Waals surface area contributed by atoms with Crippen LogP contribution in [0.5, 0.6) is 0 Å². The molecule has 1 aliphatic rings. The zero-order valence-electron chi connectivity index (χ0n) is 16.7. The monoisotopic (exact) mass is 388 g/mol. The van der Waals surface area contributed by atoms with E-state index >= 15 is 0 Å². The van der Waals surface area contributed by atoms with Crippen LogP contribution in [-0.2, 0) is 0 Å². The van der Waals surface area contributed by atoms with Crippen LogP contribution in [0.2, 0.25) is 0 Å². The Balaban J connectivity index is 1.49. The number of nitrogens with zero attached hydrogens (tertiary/aromatic N) is 4. The molecule has 0 saturated heterocycles. The number of aromatic amines is 1. The third kappa shape index (κ3) is 3.48. The fourth-order valence-electron chi connectivity index (χ4n) is 4.09. The van der Waals surface area contributed by atoms with Crippen LogP contribution in [0.15, 0.2) is 35.1 Å². The van der Waals surface area contributed by atoms with Crippen molar-refractivity contribution in [2.24, 2.45) is 0 Å². The average molecular weight is 388 g/mol. The first-order chi connectivity index (χ1) is 14.2. The predicted molar refractivity (Wildman–Crippen MR) is 113 cm³/mol. The molecule has 4 aromatic rings. The summed E-state index contributed by atoms with van der Waals surface area (Å²) < 4.78 is 5.10. The summed E-state index contributed by atoms with van der Waals surface area (Å²) >= 11 is 0. The Hall–Kier alpha value is -3.22. The van der Waals surface area contributed by atoms with Crippen molar-refractivity contribution in [3.63, 3.8) is 0 Å². The third-order valence-corrected chi connectivity index (χ3v) is 5.63. The van der Waals surface area contributed by atoms with Gasteiger partial charge in [-0.2, -0.15) is 4.98 Å². The number of aromatic nitrogens is 5. The summed E-state index contributed by atoms with van der Waals surface area (Å²) in [5.74, 6) is 1.87. The highest BCUT2D eigenvalue weighted by atomic mass is 16.5. The second kappa shape index (κ2) is 7.31. The van der Waals surface area contributed by atoms with E-state index in [1.165, 1.54) is 32.1 Å². The van der Waals surface area contributed by atoms with Crippen LogP contribution < -0.4 is 5.32 Å². The fraction of sp³-hybridized carbons (Fsp3) is 0.364. The fourth-order valence-corrected chi connectivity index (χ4v) is 4.09. The normalized spacial score (nSPS) is 15.1. The Morgan fingerprint density at radius 2 is 1.97 bits per heavy atom. The molecule has 1 aliphatic carbocycles. The van der Waals surface area contributed by atoms with Gasteiger partial charge in [0.05, 0.1) is 5.69 Å². The van der Waals surface area contributed by atoms with Crippen LogP contribution in [0.3, 0.4) is 0 Å². The quantitative estimate of drug-likeness (QED) is 0.509. The number of hydrogen-bond acceptors (Lipinski definition) is 6. The maximum atomic E-state index is 5.10. The van der Waals surface area contributed by atoms with Gasteiger partial charge < -0.3 is 14.8 Å². The average Bonchev–Trinajstić information content (AvgIpc) is 3.36. The van der Waals surface area contributed by atoms with E-state index in [2.05, 4.69) is 38.4 Å². The molecule has 3 aromatic heterocycles. The first-order valence-electron chi connectivity index (χ1n) is 10.2.